The Hall–Kier alpha value is -2.77. The van der Waals surface area contributed by atoms with Gasteiger partial charge in [0.2, 0.25) is 11.8 Å². The zero-order valence-corrected chi connectivity index (χ0v) is 18.1. The van der Waals surface area contributed by atoms with E-state index in [2.05, 4.69) is 17.6 Å². The van der Waals surface area contributed by atoms with E-state index < -0.39 is 12.0 Å². The molecule has 0 aromatic heterocycles. The smallest absolute Gasteiger partial charge is 0.308 e. The van der Waals surface area contributed by atoms with Crippen LogP contribution in [-0.4, -0.2) is 61.6 Å². The van der Waals surface area contributed by atoms with Crippen molar-refractivity contribution < 1.29 is 23.9 Å². The number of piperazine rings is 1. The molecule has 1 fully saturated rings. The summed E-state index contributed by atoms with van der Waals surface area (Å²) in [6, 6.07) is 6.57. The number of rotatable bonds is 11. The quantitative estimate of drug-likeness (QED) is 0.422. The fourth-order valence-electron chi connectivity index (χ4n) is 3.00. The van der Waals surface area contributed by atoms with Crippen molar-refractivity contribution in [3.63, 3.8) is 0 Å². The first-order valence-electron chi connectivity index (χ1n) is 10.6. The Bertz CT molecular complexity index is 722. The molecular formula is C22H33N3O5. The minimum atomic E-state index is -0.851. The lowest BCUT2D eigenvalue weighted by Gasteiger charge is -2.34. The van der Waals surface area contributed by atoms with Crippen molar-refractivity contribution in [2.75, 3.05) is 38.2 Å². The summed E-state index contributed by atoms with van der Waals surface area (Å²) in [7, 11) is 0. The van der Waals surface area contributed by atoms with Crippen LogP contribution in [0.2, 0.25) is 0 Å². The lowest BCUT2D eigenvalue weighted by molar-refractivity contribution is -0.152. The van der Waals surface area contributed by atoms with Crippen molar-refractivity contribution in [3.05, 3.63) is 24.3 Å². The SMILES string of the molecule is CCCCOc1cccc(NCC(=O)N2CCNC(=O)C2CC(=O)OCC(C)C)c1. The normalized spacial score (nSPS) is 16.2. The topological polar surface area (TPSA) is 97.0 Å². The molecular weight excluding hydrogens is 386 g/mol. The minimum Gasteiger partial charge on any atom is -0.494 e. The van der Waals surface area contributed by atoms with E-state index in [1.165, 1.54) is 4.90 Å². The lowest BCUT2D eigenvalue weighted by Crippen LogP contribution is -2.58. The average molecular weight is 420 g/mol. The van der Waals surface area contributed by atoms with E-state index in [-0.39, 0.29) is 30.7 Å². The van der Waals surface area contributed by atoms with E-state index in [1.54, 1.807) is 0 Å². The predicted octanol–water partition coefficient (Wildman–Crippen LogP) is 2.19. The van der Waals surface area contributed by atoms with Crippen LogP contribution in [0, 0.1) is 5.92 Å². The third-order valence-corrected chi connectivity index (χ3v) is 4.63. The molecule has 30 heavy (non-hydrogen) atoms. The molecule has 8 nitrogen and oxygen atoms in total. The van der Waals surface area contributed by atoms with Gasteiger partial charge in [0.15, 0.2) is 0 Å². The highest BCUT2D eigenvalue weighted by atomic mass is 16.5. The number of amides is 2. The van der Waals surface area contributed by atoms with Crippen LogP contribution in [0.25, 0.3) is 0 Å². The van der Waals surface area contributed by atoms with Gasteiger partial charge in [0.1, 0.15) is 11.8 Å². The van der Waals surface area contributed by atoms with Gasteiger partial charge in [0.25, 0.3) is 0 Å². The number of carbonyl (C=O) groups excluding carboxylic acids is 3. The molecule has 8 heteroatoms. The van der Waals surface area contributed by atoms with Crippen LogP contribution in [0.5, 0.6) is 5.75 Å². The number of benzene rings is 1. The molecule has 1 aliphatic heterocycles. The summed E-state index contributed by atoms with van der Waals surface area (Å²) in [6.07, 6.45) is 1.89. The van der Waals surface area contributed by atoms with E-state index in [0.29, 0.717) is 26.3 Å². The summed E-state index contributed by atoms with van der Waals surface area (Å²) in [4.78, 5) is 38.6. The largest absolute Gasteiger partial charge is 0.494 e. The highest BCUT2D eigenvalue weighted by Gasteiger charge is 2.35. The molecule has 1 aromatic carbocycles. The third-order valence-electron chi connectivity index (χ3n) is 4.63. The van der Waals surface area contributed by atoms with Crippen LogP contribution in [-0.2, 0) is 19.1 Å². The molecule has 0 radical (unpaired) electrons. The first-order chi connectivity index (χ1) is 14.4. The van der Waals surface area contributed by atoms with Gasteiger partial charge in [-0.25, -0.2) is 0 Å². The average Bonchev–Trinajstić information content (AvgIpc) is 2.72. The first-order valence-corrected chi connectivity index (χ1v) is 10.6. The van der Waals surface area contributed by atoms with Crippen LogP contribution in [0.4, 0.5) is 5.69 Å². The number of nitrogens with one attached hydrogen (secondary N) is 2. The van der Waals surface area contributed by atoms with Crippen LogP contribution in [0.1, 0.15) is 40.0 Å². The van der Waals surface area contributed by atoms with Crippen molar-refractivity contribution in [2.45, 2.75) is 46.1 Å². The highest BCUT2D eigenvalue weighted by molar-refractivity contribution is 5.93. The predicted molar refractivity (Wildman–Crippen MR) is 114 cm³/mol. The molecule has 0 spiro atoms. The second-order valence-electron chi connectivity index (χ2n) is 7.76. The molecule has 2 amide bonds. The van der Waals surface area contributed by atoms with Gasteiger partial charge >= 0.3 is 5.97 Å². The minimum absolute atomic E-state index is 0.0171. The van der Waals surface area contributed by atoms with E-state index in [4.69, 9.17) is 9.47 Å². The number of unbranched alkanes of at least 4 members (excludes halogenated alkanes) is 1. The van der Waals surface area contributed by atoms with Gasteiger partial charge in [-0.1, -0.05) is 33.3 Å². The highest BCUT2D eigenvalue weighted by Crippen LogP contribution is 2.18. The van der Waals surface area contributed by atoms with Crippen LogP contribution < -0.4 is 15.4 Å². The van der Waals surface area contributed by atoms with Gasteiger partial charge in [-0.3, -0.25) is 14.4 Å². The van der Waals surface area contributed by atoms with Gasteiger partial charge < -0.3 is 25.0 Å². The molecule has 1 unspecified atom stereocenters. The van der Waals surface area contributed by atoms with E-state index in [0.717, 1.165) is 24.3 Å². The van der Waals surface area contributed by atoms with Crippen LogP contribution >= 0.6 is 0 Å². The van der Waals surface area contributed by atoms with Crippen molar-refractivity contribution in [1.82, 2.24) is 10.2 Å². The Morgan fingerprint density at radius 1 is 1.33 bits per heavy atom. The van der Waals surface area contributed by atoms with E-state index in [1.807, 2.05) is 38.1 Å². The maximum atomic E-state index is 12.8. The summed E-state index contributed by atoms with van der Waals surface area (Å²) in [5.74, 6) is -0.110. The Morgan fingerprint density at radius 3 is 2.87 bits per heavy atom. The Kier molecular flexibility index (Phi) is 9.44. The van der Waals surface area contributed by atoms with E-state index in [9.17, 15) is 14.4 Å². The summed E-state index contributed by atoms with van der Waals surface area (Å²) in [5, 5.41) is 5.80. The fourth-order valence-corrected chi connectivity index (χ4v) is 3.00. The molecule has 1 atom stereocenters. The van der Waals surface area contributed by atoms with Crippen molar-refractivity contribution >= 4 is 23.5 Å². The Morgan fingerprint density at radius 2 is 2.13 bits per heavy atom. The van der Waals surface area contributed by atoms with Gasteiger partial charge in [0.05, 0.1) is 26.2 Å². The Labute approximate surface area is 178 Å². The molecule has 0 saturated carbocycles. The van der Waals surface area contributed by atoms with Gasteiger partial charge in [-0.2, -0.15) is 0 Å². The molecule has 0 bridgehead atoms. The molecule has 2 rings (SSSR count). The molecule has 166 valence electrons. The first kappa shape index (κ1) is 23.5. The number of nitrogens with zero attached hydrogens (tertiary/aromatic N) is 1. The zero-order valence-electron chi connectivity index (χ0n) is 18.1. The maximum absolute atomic E-state index is 12.8. The molecule has 1 aliphatic rings. The lowest BCUT2D eigenvalue weighted by atomic mass is 10.1. The molecule has 2 N–H and O–H groups in total. The van der Waals surface area contributed by atoms with Gasteiger partial charge in [-0.15, -0.1) is 0 Å². The summed E-state index contributed by atoms with van der Waals surface area (Å²) >= 11 is 0. The van der Waals surface area contributed by atoms with E-state index >= 15 is 0 Å². The maximum Gasteiger partial charge on any atom is 0.308 e. The monoisotopic (exact) mass is 419 g/mol. The fraction of sp³-hybridized carbons (Fsp3) is 0.591. The van der Waals surface area contributed by atoms with Gasteiger partial charge in [0, 0.05) is 24.8 Å². The molecule has 0 aliphatic carbocycles. The van der Waals surface area contributed by atoms with Crippen molar-refractivity contribution in [3.8, 4) is 5.75 Å². The molecule has 1 heterocycles. The number of ether oxygens (including phenoxy) is 2. The summed E-state index contributed by atoms with van der Waals surface area (Å²) < 4.78 is 10.9. The standard InChI is InChI=1S/C22H33N3O5/c1-4-5-11-29-18-8-6-7-17(12-18)24-14-20(26)25-10-9-23-22(28)19(25)13-21(27)30-15-16(2)3/h6-8,12,16,19,24H,4-5,9-11,13-15H2,1-3H3,(H,23,28). The van der Waals surface area contributed by atoms with Crippen LogP contribution in [0.15, 0.2) is 24.3 Å². The number of anilines is 1. The van der Waals surface area contributed by atoms with Crippen molar-refractivity contribution in [1.29, 1.82) is 0 Å². The number of carbonyl (C=O) groups is 3. The second-order valence-corrected chi connectivity index (χ2v) is 7.76. The summed E-state index contributed by atoms with van der Waals surface area (Å²) in [6.45, 7) is 7.65. The second kappa shape index (κ2) is 12.0. The third kappa shape index (κ3) is 7.57. The van der Waals surface area contributed by atoms with Crippen molar-refractivity contribution in [2.24, 2.45) is 5.92 Å². The van der Waals surface area contributed by atoms with Gasteiger partial charge in [-0.05, 0) is 24.5 Å². The molecule has 1 saturated heterocycles. The number of hydrogen-bond donors (Lipinski definition) is 2. The Balaban J connectivity index is 1.92. The molecule has 1 aromatic rings. The van der Waals surface area contributed by atoms with Crippen LogP contribution in [0.3, 0.4) is 0 Å². The summed E-state index contributed by atoms with van der Waals surface area (Å²) in [5.41, 5.74) is 0.756. The zero-order chi connectivity index (χ0) is 21.9. The number of esters is 1. The number of hydrogen-bond acceptors (Lipinski definition) is 6.